The average molecular weight is 334 g/mol. The van der Waals surface area contributed by atoms with Crippen LogP contribution in [0, 0.1) is 5.41 Å². The molecule has 0 bridgehead atoms. The quantitative estimate of drug-likeness (QED) is 0.503. The first-order valence-electron chi connectivity index (χ1n) is 7.96. The molecule has 1 aromatic rings. The fourth-order valence-electron chi connectivity index (χ4n) is 2.05. The van der Waals surface area contributed by atoms with Crippen molar-refractivity contribution in [3.8, 4) is 0 Å². The summed E-state index contributed by atoms with van der Waals surface area (Å²) in [7, 11) is 3.38. The lowest BCUT2D eigenvalue weighted by Crippen LogP contribution is -2.45. The summed E-state index contributed by atoms with van der Waals surface area (Å²) in [6.07, 6.45) is 3.52. The number of nitrogens with one attached hydrogen (secondary N) is 2. The molecule has 24 heavy (non-hydrogen) atoms. The van der Waals surface area contributed by atoms with Gasteiger partial charge in [0.15, 0.2) is 0 Å². The molecule has 0 aromatic heterocycles. The van der Waals surface area contributed by atoms with Gasteiger partial charge in [0.25, 0.3) is 0 Å². The van der Waals surface area contributed by atoms with Gasteiger partial charge in [0, 0.05) is 27.2 Å². The molecule has 0 unspecified atom stereocenters. The maximum atomic E-state index is 11.6. The second kappa shape index (κ2) is 11.0. The second-order valence-electron chi connectivity index (χ2n) is 5.65. The van der Waals surface area contributed by atoms with Gasteiger partial charge in [0.2, 0.25) is 12.4 Å². The number of carbonyl (C=O) groups is 2. The van der Waals surface area contributed by atoms with Crippen molar-refractivity contribution in [2.45, 2.75) is 25.9 Å². The molecule has 0 saturated carbocycles. The Morgan fingerprint density at radius 3 is 2.38 bits per heavy atom. The molecule has 132 valence electrons. The maximum absolute atomic E-state index is 11.6. The minimum atomic E-state index is -0.570. The van der Waals surface area contributed by atoms with Crippen LogP contribution in [0.25, 0.3) is 0 Å². The van der Waals surface area contributed by atoms with E-state index in [1.807, 2.05) is 35.2 Å². The highest BCUT2D eigenvalue weighted by molar-refractivity contribution is 5.92. The third kappa shape index (κ3) is 8.17. The van der Waals surface area contributed by atoms with Crippen LogP contribution in [0.2, 0.25) is 0 Å². The number of likely N-dealkylation sites (tertiary alicyclic amines) is 1. The van der Waals surface area contributed by atoms with E-state index in [0.29, 0.717) is 0 Å². The van der Waals surface area contributed by atoms with E-state index in [2.05, 4.69) is 5.32 Å². The predicted octanol–water partition coefficient (Wildman–Crippen LogP) is 2.04. The van der Waals surface area contributed by atoms with Crippen molar-refractivity contribution in [1.82, 2.24) is 15.1 Å². The van der Waals surface area contributed by atoms with Gasteiger partial charge < -0.3 is 14.5 Å². The van der Waals surface area contributed by atoms with Crippen molar-refractivity contribution in [1.29, 1.82) is 5.41 Å². The molecule has 1 saturated heterocycles. The molecule has 2 rings (SSSR count). The van der Waals surface area contributed by atoms with E-state index in [-0.39, 0.29) is 12.6 Å². The number of rotatable bonds is 3. The summed E-state index contributed by atoms with van der Waals surface area (Å²) in [5.41, 5.74) is 0.933. The van der Waals surface area contributed by atoms with E-state index in [4.69, 9.17) is 10.1 Å². The lowest BCUT2D eigenvalue weighted by Gasteiger charge is -2.28. The van der Waals surface area contributed by atoms with Crippen molar-refractivity contribution in [3.05, 3.63) is 35.9 Å². The lowest BCUT2D eigenvalue weighted by molar-refractivity contribution is -0.115. The molecular weight excluding hydrogens is 308 g/mol. The van der Waals surface area contributed by atoms with Gasteiger partial charge in [-0.15, -0.1) is 0 Å². The fourth-order valence-corrected chi connectivity index (χ4v) is 2.05. The zero-order valence-corrected chi connectivity index (χ0v) is 14.3. The summed E-state index contributed by atoms with van der Waals surface area (Å²) in [4.78, 5) is 24.3. The Balaban J connectivity index is 0.000000505. The van der Waals surface area contributed by atoms with Gasteiger partial charge in [-0.2, -0.15) is 0 Å². The summed E-state index contributed by atoms with van der Waals surface area (Å²) < 4.78 is 5.07. The Bertz CT molecular complexity index is 514. The van der Waals surface area contributed by atoms with Crippen LogP contribution in [-0.4, -0.2) is 55.4 Å². The number of hydrogen-bond donors (Lipinski definition) is 2. The minimum Gasteiger partial charge on any atom is -0.444 e. The summed E-state index contributed by atoms with van der Waals surface area (Å²) >= 11 is 0. The van der Waals surface area contributed by atoms with Gasteiger partial charge in [-0.1, -0.05) is 30.3 Å². The number of guanidine groups is 1. The highest BCUT2D eigenvalue weighted by atomic mass is 16.5. The average Bonchev–Trinajstić information content (AvgIpc) is 2.62. The molecule has 1 aliphatic heterocycles. The summed E-state index contributed by atoms with van der Waals surface area (Å²) in [5.74, 6) is 0.137. The van der Waals surface area contributed by atoms with Gasteiger partial charge in [0.1, 0.15) is 6.61 Å². The molecular formula is C17H26N4O3. The molecule has 0 spiro atoms. The van der Waals surface area contributed by atoms with Crippen molar-refractivity contribution in [2.24, 2.45) is 0 Å². The van der Waals surface area contributed by atoms with E-state index in [9.17, 15) is 9.59 Å². The highest BCUT2D eigenvalue weighted by Crippen LogP contribution is 2.08. The first-order chi connectivity index (χ1) is 11.5. The van der Waals surface area contributed by atoms with Crippen LogP contribution in [-0.2, 0) is 16.1 Å². The van der Waals surface area contributed by atoms with Crippen molar-refractivity contribution < 1.29 is 14.3 Å². The predicted molar refractivity (Wildman–Crippen MR) is 92.7 cm³/mol. The molecule has 7 nitrogen and oxygen atoms in total. The number of ether oxygens (including phenoxy) is 1. The van der Waals surface area contributed by atoms with E-state index >= 15 is 0 Å². The highest BCUT2D eigenvalue weighted by Gasteiger charge is 2.15. The monoisotopic (exact) mass is 334 g/mol. The number of hydrogen-bond acceptors (Lipinski definition) is 4. The second-order valence-corrected chi connectivity index (χ2v) is 5.65. The molecule has 1 heterocycles. The number of piperidine rings is 1. The largest absolute Gasteiger partial charge is 0.444 e. The smallest absolute Gasteiger partial charge is 0.414 e. The molecule has 0 aliphatic carbocycles. The van der Waals surface area contributed by atoms with Crippen LogP contribution < -0.4 is 5.32 Å². The fraction of sp³-hybridized carbons (Fsp3) is 0.471. The van der Waals surface area contributed by atoms with Crippen LogP contribution >= 0.6 is 0 Å². The van der Waals surface area contributed by atoms with E-state index in [1.54, 1.807) is 14.1 Å². The van der Waals surface area contributed by atoms with Gasteiger partial charge in [-0.3, -0.25) is 15.5 Å². The molecule has 0 atom stereocenters. The number of alkyl carbamates (subject to hydrolysis) is 1. The first-order valence-corrected chi connectivity index (χ1v) is 7.96. The molecule has 0 radical (unpaired) electrons. The van der Waals surface area contributed by atoms with Crippen molar-refractivity contribution in [2.75, 3.05) is 27.2 Å². The molecule has 1 aliphatic rings. The van der Waals surface area contributed by atoms with Gasteiger partial charge in [-0.05, 0) is 24.8 Å². The SMILES string of the molecule is CN(C)C=O.N=C(NC(=O)OCc1ccccc1)N1CCCCC1. The Labute approximate surface area is 143 Å². The van der Waals surface area contributed by atoms with Crippen LogP contribution in [0.1, 0.15) is 24.8 Å². The number of benzene rings is 1. The van der Waals surface area contributed by atoms with Crippen LogP contribution in [0.5, 0.6) is 0 Å². The summed E-state index contributed by atoms with van der Waals surface area (Å²) in [6.45, 7) is 1.88. The topological polar surface area (TPSA) is 85.7 Å². The zero-order valence-electron chi connectivity index (χ0n) is 14.3. The summed E-state index contributed by atoms with van der Waals surface area (Å²) in [6, 6.07) is 9.49. The molecule has 2 amide bonds. The third-order valence-corrected chi connectivity index (χ3v) is 3.32. The van der Waals surface area contributed by atoms with Gasteiger partial charge >= 0.3 is 6.09 Å². The molecule has 1 fully saturated rings. The third-order valence-electron chi connectivity index (χ3n) is 3.32. The van der Waals surface area contributed by atoms with E-state index in [0.717, 1.165) is 37.9 Å². The first kappa shape index (κ1) is 19.5. The van der Waals surface area contributed by atoms with Crippen LogP contribution in [0.4, 0.5) is 4.79 Å². The van der Waals surface area contributed by atoms with Crippen LogP contribution in [0.3, 0.4) is 0 Å². The number of amides is 2. The van der Waals surface area contributed by atoms with Gasteiger partial charge in [0.05, 0.1) is 0 Å². The maximum Gasteiger partial charge on any atom is 0.414 e. The zero-order chi connectivity index (χ0) is 17.8. The molecule has 7 heteroatoms. The van der Waals surface area contributed by atoms with E-state index < -0.39 is 6.09 Å². The normalized spacial score (nSPS) is 13.2. The van der Waals surface area contributed by atoms with Crippen molar-refractivity contribution >= 4 is 18.5 Å². The minimum absolute atomic E-state index is 0.137. The lowest BCUT2D eigenvalue weighted by atomic mass is 10.1. The standard InChI is InChI=1S/C14H19N3O2.C3H7NO/c15-13(17-9-5-2-6-10-17)16-14(18)19-11-12-7-3-1-4-8-12;1-4(2)3-5/h1,3-4,7-8H,2,5-6,9-11H2,(H2,15,16,18);3H,1-2H3. The Hall–Kier alpha value is -2.57. The number of carbonyl (C=O) groups excluding carboxylic acids is 2. The molecule has 1 aromatic carbocycles. The van der Waals surface area contributed by atoms with Gasteiger partial charge in [-0.25, -0.2) is 4.79 Å². The summed E-state index contributed by atoms with van der Waals surface area (Å²) in [5, 5.41) is 10.3. The Morgan fingerprint density at radius 2 is 1.83 bits per heavy atom. The van der Waals surface area contributed by atoms with E-state index in [1.165, 1.54) is 11.3 Å². The number of nitrogens with zero attached hydrogens (tertiary/aromatic N) is 2. The molecule has 2 N–H and O–H groups in total. The Morgan fingerprint density at radius 1 is 1.25 bits per heavy atom. The Kier molecular flexibility index (Phi) is 8.96. The van der Waals surface area contributed by atoms with Crippen LogP contribution in [0.15, 0.2) is 30.3 Å². The van der Waals surface area contributed by atoms with Crippen molar-refractivity contribution in [3.63, 3.8) is 0 Å².